The van der Waals surface area contributed by atoms with Crippen molar-refractivity contribution < 1.29 is 28.6 Å². The Morgan fingerprint density at radius 3 is 1.96 bits per heavy atom. The number of aliphatic hydroxyl groups excluding tert-OH is 1. The second kappa shape index (κ2) is 12.9. The van der Waals surface area contributed by atoms with Gasteiger partial charge in [-0.2, -0.15) is 0 Å². The first-order valence-corrected chi connectivity index (χ1v) is 7.92. The van der Waals surface area contributed by atoms with Crippen molar-refractivity contribution in [3.8, 4) is 0 Å². The minimum absolute atomic E-state index is 0.173. The number of rotatable bonds is 6. The zero-order chi connectivity index (χ0) is 20.1. The van der Waals surface area contributed by atoms with E-state index < -0.39 is 22.5 Å². The molecule has 0 saturated heterocycles. The number of carbonyl (C=O) groups is 1. The van der Waals surface area contributed by atoms with Gasteiger partial charge in [0.05, 0.1) is 11.8 Å². The molecule has 1 N–H and O–H groups in total. The summed E-state index contributed by atoms with van der Waals surface area (Å²) in [5.74, 6) is 2.11. The van der Waals surface area contributed by atoms with E-state index in [1.165, 1.54) is 6.07 Å². The molecule has 12 heteroatoms. The van der Waals surface area contributed by atoms with Gasteiger partial charge in [-0.3, -0.25) is 25.0 Å². The lowest BCUT2D eigenvalue weighted by Gasteiger charge is -2.00. The molecule has 0 aliphatic heterocycles. The molecule has 26 heavy (non-hydrogen) atoms. The van der Waals surface area contributed by atoms with E-state index in [-0.39, 0.29) is 11.6 Å². The van der Waals surface area contributed by atoms with Crippen LogP contribution in [-0.2, 0) is 11.8 Å². The van der Waals surface area contributed by atoms with E-state index in [9.17, 15) is 20.0 Å². The van der Waals surface area contributed by atoms with Gasteiger partial charge in [-0.25, -0.2) is 0 Å². The van der Waals surface area contributed by atoms with Gasteiger partial charge >= 0.3 is 0 Å². The third-order valence-electron chi connectivity index (χ3n) is 2.39. The van der Waals surface area contributed by atoms with E-state index >= 15 is 0 Å². The van der Waals surface area contributed by atoms with Crippen molar-refractivity contribution >= 4 is 29.5 Å². The quantitative estimate of drug-likeness (QED) is 0.330. The molecule has 0 aromatic carbocycles. The van der Waals surface area contributed by atoms with E-state index in [0.717, 1.165) is 7.05 Å². The minimum atomic E-state index is -1.20. The molecule has 144 valence electrons. The number of hydrogen-bond donors (Lipinski definition) is 1. The van der Waals surface area contributed by atoms with Gasteiger partial charge in [-0.05, 0) is 24.3 Å². The lowest BCUT2D eigenvalue weighted by molar-refractivity contribution is -0.492. The van der Waals surface area contributed by atoms with Gasteiger partial charge < -0.3 is 13.9 Å². The fourth-order valence-electron chi connectivity index (χ4n) is 1.41. The Morgan fingerprint density at radius 2 is 1.62 bits per heavy atom. The van der Waals surface area contributed by atoms with Crippen LogP contribution in [0.1, 0.15) is 33.9 Å². The summed E-state index contributed by atoms with van der Waals surface area (Å²) in [5, 5.41) is 28.1. The van der Waals surface area contributed by atoms with Crippen molar-refractivity contribution in [3.63, 3.8) is 0 Å². The van der Waals surface area contributed by atoms with Crippen molar-refractivity contribution in [2.45, 2.75) is 17.9 Å². The van der Waals surface area contributed by atoms with Crippen molar-refractivity contribution in [2.75, 3.05) is 13.6 Å². The number of halogens is 2. The van der Waals surface area contributed by atoms with Gasteiger partial charge in [0.2, 0.25) is 6.54 Å². The number of nitro groups is 2. The third-order valence-corrected chi connectivity index (χ3v) is 2.92. The highest BCUT2D eigenvalue weighted by atomic mass is 35.5. The SMILES string of the molecule is C[N+](=O)[O-].O=Cc1ccc(CCl)o1.O=[N+]([O-])CC(O)c1ccc(CCl)o1. The number of aldehydes is 1. The minimum Gasteiger partial charge on any atom is -0.462 e. The number of nitrogens with zero attached hydrogens (tertiary/aromatic N) is 2. The van der Waals surface area contributed by atoms with E-state index in [1.807, 2.05) is 0 Å². The fourth-order valence-corrected chi connectivity index (χ4v) is 1.69. The van der Waals surface area contributed by atoms with E-state index in [4.69, 9.17) is 42.2 Å². The van der Waals surface area contributed by atoms with Crippen LogP contribution in [0.4, 0.5) is 0 Å². The summed E-state index contributed by atoms with van der Waals surface area (Å²) >= 11 is 10.8. The molecular formula is C14H16Cl2N2O8. The summed E-state index contributed by atoms with van der Waals surface area (Å²) in [6, 6.07) is 6.32. The van der Waals surface area contributed by atoms with Crippen LogP contribution in [0, 0.1) is 20.2 Å². The average Bonchev–Trinajstić information content (AvgIpc) is 3.23. The summed E-state index contributed by atoms with van der Waals surface area (Å²) in [7, 11) is 0.889. The van der Waals surface area contributed by atoms with Crippen molar-refractivity contribution in [1.29, 1.82) is 0 Å². The Morgan fingerprint density at radius 1 is 1.12 bits per heavy atom. The lowest BCUT2D eigenvalue weighted by Crippen LogP contribution is -2.10. The molecule has 10 nitrogen and oxygen atoms in total. The van der Waals surface area contributed by atoms with Gasteiger partial charge in [0.25, 0.3) is 0 Å². The van der Waals surface area contributed by atoms with Crippen LogP contribution >= 0.6 is 23.2 Å². The number of carbonyl (C=O) groups excluding carboxylic acids is 1. The Kier molecular flexibility index (Phi) is 11.7. The van der Waals surface area contributed by atoms with Crippen LogP contribution in [0.25, 0.3) is 0 Å². The van der Waals surface area contributed by atoms with Crippen LogP contribution in [0.15, 0.2) is 33.1 Å². The molecule has 0 aliphatic rings. The maximum absolute atomic E-state index is 10.0. The fraction of sp³-hybridized carbons (Fsp3) is 0.357. The zero-order valence-electron chi connectivity index (χ0n) is 13.5. The standard InChI is InChI=1S/C7H8ClNO4.C6H5ClO2.CH3NO2/c8-3-5-1-2-7(13-5)6(10)4-9(11)12;7-3-5-1-2-6(4-8)9-5;1-2(3)4/h1-2,6,10H,3-4H2;1-2,4H,3H2;1H3. The smallest absolute Gasteiger partial charge is 0.236 e. The molecule has 1 atom stereocenters. The van der Waals surface area contributed by atoms with Crippen LogP contribution in [0.5, 0.6) is 0 Å². The number of alkyl halides is 2. The highest BCUT2D eigenvalue weighted by Gasteiger charge is 2.17. The molecular weight excluding hydrogens is 395 g/mol. The first kappa shape index (κ1) is 23.6. The molecule has 0 aliphatic carbocycles. The maximum Gasteiger partial charge on any atom is 0.236 e. The zero-order valence-corrected chi connectivity index (χ0v) is 15.1. The van der Waals surface area contributed by atoms with Gasteiger partial charge in [-0.1, -0.05) is 0 Å². The molecule has 2 aromatic rings. The number of furan rings is 2. The predicted molar refractivity (Wildman–Crippen MR) is 91.7 cm³/mol. The normalized spacial score (nSPS) is 10.6. The molecule has 0 saturated carbocycles. The average molecular weight is 411 g/mol. The Bertz CT molecular complexity index is 697. The summed E-state index contributed by atoms with van der Waals surface area (Å²) < 4.78 is 9.89. The third kappa shape index (κ3) is 10.4. The first-order chi connectivity index (χ1) is 12.2. The molecule has 1 unspecified atom stereocenters. The predicted octanol–water partition coefficient (Wildman–Crippen LogP) is 3.05. The van der Waals surface area contributed by atoms with Crippen LogP contribution in [0.2, 0.25) is 0 Å². The van der Waals surface area contributed by atoms with Crippen LogP contribution in [0.3, 0.4) is 0 Å². The molecule has 0 radical (unpaired) electrons. The van der Waals surface area contributed by atoms with Gasteiger partial charge in [0.1, 0.15) is 17.3 Å². The Hall–Kier alpha value is -2.43. The first-order valence-electron chi connectivity index (χ1n) is 6.85. The summed E-state index contributed by atoms with van der Waals surface area (Å²) in [5.41, 5.74) is 0. The monoisotopic (exact) mass is 410 g/mol. The molecule has 2 aromatic heterocycles. The topological polar surface area (TPSA) is 150 Å². The molecule has 0 bridgehead atoms. The van der Waals surface area contributed by atoms with E-state index in [2.05, 4.69) is 0 Å². The van der Waals surface area contributed by atoms with Crippen molar-refractivity contribution in [1.82, 2.24) is 0 Å². The summed E-state index contributed by atoms with van der Waals surface area (Å²) in [6.07, 6.45) is -0.553. The Balaban J connectivity index is 0.000000416. The number of aliphatic hydroxyl groups is 1. The van der Waals surface area contributed by atoms with Crippen molar-refractivity contribution in [3.05, 3.63) is 67.5 Å². The van der Waals surface area contributed by atoms with Crippen LogP contribution in [-0.4, -0.2) is 34.8 Å². The molecule has 0 amide bonds. The molecule has 2 rings (SSSR count). The van der Waals surface area contributed by atoms with Gasteiger partial charge in [-0.15, -0.1) is 23.2 Å². The molecule has 0 spiro atoms. The van der Waals surface area contributed by atoms with E-state index in [1.54, 1.807) is 18.2 Å². The van der Waals surface area contributed by atoms with Gasteiger partial charge in [0.15, 0.2) is 25.2 Å². The van der Waals surface area contributed by atoms with Gasteiger partial charge in [0, 0.05) is 9.85 Å². The highest BCUT2D eigenvalue weighted by molar-refractivity contribution is 6.17. The summed E-state index contributed by atoms with van der Waals surface area (Å²) in [4.78, 5) is 27.7. The highest BCUT2D eigenvalue weighted by Crippen LogP contribution is 2.17. The van der Waals surface area contributed by atoms with Crippen molar-refractivity contribution in [2.24, 2.45) is 0 Å². The molecule has 2 heterocycles. The largest absolute Gasteiger partial charge is 0.462 e. The Labute approximate surface area is 157 Å². The van der Waals surface area contributed by atoms with E-state index in [0.29, 0.717) is 29.4 Å². The lowest BCUT2D eigenvalue weighted by atomic mass is 10.3. The second-order valence-corrected chi connectivity index (χ2v) is 5.00. The summed E-state index contributed by atoms with van der Waals surface area (Å²) in [6.45, 7) is -0.560. The van der Waals surface area contributed by atoms with Crippen LogP contribution < -0.4 is 0 Å². The number of hydrogen-bond acceptors (Lipinski definition) is 8. The second-order valence-electron chi connectivity index (χ2n) is 4.46. The maximum atomic E-state index is 10.0. The molecule has 0 fully saturated rings.